The van der Waals surface area contributed by atoms with Crippen molar-refractivity contribution in [3.8, 4) is 6.07 Å². The number of anilines is 3. The molecular formula is C18H16N6. The van der Waals surface area contributed by atoms with E-state index < -0.39 is 0 Å². The Morgan fingerprint density at radius 2 is 1.88 bits per heavy atom. The number of benzene rings is 2. The summed E-state index contributed by atoms with van der Waals surface area (Å²) >= 11 is 0. The highest BCUT2D eigenvalue weighted by Crippen LogP contribution is 2.18. The van der Waals surface area contributed by atoms with Crippen LogP contribution < -0.4 is 10.6 Å². The minimum atomic E-state index is 0.428. The van der Waals surface area contributed by atoms with E-state index in [1.54, 1.807) is 6.07 Å². The van der Waals surface area contributed by atoms with Gasteiger partial charge in [0.2, 0.25) is 5.95 Å². The number of para-hydroxylation sites is 1. The van der Waals surface area contributed by atoms with Gasteiger partial charge in [0.25, 0.3) is 0 Å². The molecule has 0 aliphatic carbocycles. The third-order valence-electron chi connectivity index (χ3n) is 3.57. The van der Waals surface area contributed by atoms with Gasteiger partial charge >= 0.3 is 0 Å². The van der Waals surface area contributed by atoms with E-state index in [1.165, 1.54) is 17.3 Å². The molecule has 1 aromatic heterocycles. The standard InChI is InChI=1S/C18H16N6/c1-13-6-2-3-8-15(13)11-20-18-23-17(12-21-24-18)22-16-9-5-4-7-14(16)10-19/h2-9,12H,11H2,1H3,(H2,20,22,23,24). The van der Waals surface area contributed by atoms with Crippen LogP contribution in [-0.4, -0.2) is 15.2 Å². The first-order chi connectivity index (χ1) is 11.8. The average Bonchev–Trinajstić information content (AvgIpc) is 2.62. The van der Waals surface area contributed by atoms with Gasteiger partial charge in [-0.3, -0.25) is 0 Å². The van der Waals surface area contributed by atoms with Crippen LogP contribution in [0.5, 0.6) is 0 Å². The molecule has 0 aliphatic rings. The Kier molecular flexibility index (Phi) is 4.63. The zero-order valence-electron chi connectivity index (χ0n) is 13.2. The molecule has 0 aliphatic heterocycles. The number of nitrogens with zero attached hydrogens (tertiary/aromatic N) is 4. The first kappa shape index (κ1) is 15.4. The van der Waals surface area contributed by atoms with E-state index in [-0.39, 0.29) is 0 Å². The van der Waals surface area contributed by atoms with E-state index in [1.807, 2.05) is 30.3 Å². The van der Waals surface area contributed by atoms with Crippen molar-refractivity contribution in [2.24, 2.45) is 0 Å². The van der Waals surface area contributed by atoms with E-state index in [4.69, 9.17) is 5.26 Å². The molecule has 2 aromatic carbocycles. The Morgan fingerprint density at radius 1 is 1.08 bits per heavy atom. The maximum atomic E-state index is 9.14. The number of nitrogens with one attached hydrogen (secondary N) is 2. The van der Waals surface area contributed by atoms with Crippen molar-refractivity contribution in [2.75, 3.05) is 10.6 Å². The topological polar surface area (TPSA) is 86.5 Å². The average molecular weight is 316 g/mol. The van der Waals surface area contributed by atoms with Gasteiger partial charge in [0.15, 0.2) is 5.82 Å². The summed E-state index contributed by atoms with van der Waals surface area (Å²) in [5.41, 5.74) is 3.61. The summed E-state index contributed by atoms with van der Waals surface area (Å²) in [7, 11) is 0. The van der Waals surface area contributed by atoms with Crippen LogP contribution in [-0.2, 0) is 6.54 Å². The van der Waals surface area contributed by atoms with Gasteiger partial charge in [-0.1, -0.05) is 36.4 Å². The molecule has 0 saturated carbocycles. The fourth-order valence-corrected chi connectivity index (χ4v) is 2.25. The fraction of sp³-hybridized carbons (Fsp3) is 0.111. The van der Waals surface area contributed by atoms with Crippen LogP contribution in [0.25, 0.3) is 0 Å². The van der Waals surface area contributed by atoms with Crippen LogP contribution >= 0.6 is 0 Å². The molecule has 6 nitrogen and oxygen atoms in total. The lowest BCUT2D eigenvalue weighted by molar-refractivity contribution is 0.946. The summed E-state index contributed by atoms with van der Waals surface area (Å²) in [5.74, 6) is 0.956. The maximum Gasteiger partial charge on any atom is 0.244 e. The summed E-state index contributed by atoms with van der Waals surface area (Å²) < 4.78 is 0. The van der Waals surface area contributed by atoms with Crippen LogP contribution in [0.3, 0.4) is 0 Å². The maximum absolute atomic E-state index is 9.14. The Bertz CT molecular complexity index is 884. The Hall–Kier alpha value is -3.46. The van der Waals surface area contributed by atoms with E-state index >= 15 is 0 Å². The molecule has 0 amide bonds. The first-order valence-electron chi connectivity index (χ1n) is 7.50. The molecule has 0 bridgehead atoms. The largest absolute Gasteiger partial charge is 0.349 e. The third-order valence-corrected chi connectivity index (χ3v) is 3.57. The first-order valence-corrected chi connectivity index (χ1v) is 7.50. The van der Waals surface area contributed by atoms with Gasteiger partial charge in [-0.05, 0) is 30.2 Å². The van der Waals surface area contributed by atoms with Crippen molar-refractivity contribution in [1.82, 2.24) is 15.2 Å². The van der Waals surface area contributed by atoms with Crippen molar-refractivity contribution in [3.63, 3.8) is 0 Å². The number of nitriles is 1. The highest BCUT2D eigenvalue weighted by Gasteiger charge is 2.05. The van der Waals surface area contributed by atoms with E-state index in [0.29, 0.717) is 29.6 Å². The predicted octanol–water partition coefficient (Wildman–Crippen LogP) is 3.41. The molecule has 1 heterocycles. The molecule has 2 N–H and O–H groups in total. The van der Waals surface area contributed by atoms with Crippen LogP contribution in [0, 0.1) is 18.3 Å². The zero-order valence-corrected chi connectivity index (χ0v) is 13.2. The normalized spacial score (nSPS) is 10.0. The van der Waals surface area contributed by atoms with E-state index in [0.717, 1.165) is 0 Å². The second-order valence-corrected chi connectivity index (χ2v) is 5.23. The molecule has 0 spiro atoms. The summed E-state index contributed by atoms with van der Waals surface area (Å²) in [4.78, 5) is 4.38. The molecule has 0 radical (unpaired) electrons. The van der Waals surface area contributed by atoms with Crippen molar-refractivity contribution in [3.05, 3.63) is 71.4 Å². The highest BCUT2D eigenvalue weighted by atomic mass is 15.3. The molecule has 118 valence electrons. The SMILES string of the molecule is Cc1ccccc1CNc1nncc(Nc2ccccc2C#N)n1. The highest BCUT2D eigenvalue weighted by molar-refractivity contribution is 5.64. The van der Waals surface area contributed by atoms with Gasteiger partial charge in [-0.2, -0.15) is 15.3 Å². The monoisotopic (exact) mass is 316 g/mol. The molecule has 3 rings (SSSR count). The molecule has 0 fully saturated rings. The van der Waals surface area contributed by atoms with Gasteiger partial charge in [-0.15, -0.1) is 5.10 Å². The van der Waals surface area contributed by atoms with Crippen molar-refractivity contribution in [2.45, 2.75) is 13.5 Å². The van der Waals surface area contributed by atoms with Crippen LogP contribution in [0.2, 0.25) is 0 Å². The molecule has 24 heavy (non-hydrogen) atoms. The summed E-state index contributed by atoms with van der Waals surface area (Å²) in [6.45, 7) is 2.68. The Balaban J connectivity index is 1.73. The van der Waals surface area contributed by atoms with E-state index in [2.05, 4.69) is 50.9 Å². The lowest BCUT2D eigenvalue weighted by Gasteiger charge is -2.09. The van der Waals surface area contributed by atoms with Crippen molar-refractivity contribution < 1.29 is 0 Å². The molecular weight excluding hydrogens is 300 g/mol. The lowest BCUT2D eigenvalue weighted by Crippen LogP contribution is -2.07. The second kappa shape index (κ2) is 7.20. The molecule has 0 unspecified atom stereocenters. The number of aromatic nitrogens is 3. The van der Waals surface area contributed by atoms with Gasteiger partial charge in [0.1, 0.15) is 6.07 Å². The third kappa shape index (κ3) is 3.65. The van der Waals surface area contributed by atoms with E-state index in [9.17, 15) is 0 Å². The molecule has 3 aromatic rings. The van der Waals surface area contributed by atoms with Crippen molar-refractivity contribution in [1.29, 1.82) is 5.26 Å². The zero-order chi connectivity index (χ0) is 16.8. The van der Waals surface area contributed by atoms with Crippen LogP contribution in [0.15, 0.2) is 54.7 Å². The molecule has 0 atom stereocenters. The minimum absolute atomic E-state index is 0.428. The number of rotatable bonds is 5. The number of aryl methyl sites for hydroxylation is 1. The quantitative estimate of drug-likeness (QED) is 0.750. The van der Waals surface area contributed by atoms with Crippen LogP contribution in [0.4, 0.5) is 17.5 Å². The Labute approximate surface area is 140 Å². The summed E-state index contributed by atoms with van der Waals surface area (Å²) in [6.07, 6.45) is 1.52. The predicted molar refractivity (Wildman–Crippen MR) is 92.8 cm³/mol. The molecule has 0 saturated heterocycles. The fourth-order valence-electron chi connectivity index (χ4n) is 2.25. The number of hydrogen-bond acceptors (Lipinski definition) is 6. The molecule has 6 heteroatoms. The van der Waals surface area contributed by atoms with Gasteiger partial charge < -0.3 is 10.6 Å². The number of hydrogen-bond donors (Lipinski definition) is 2. The smallest absolute Gasteiger partial charge is 0.244 e. The second-order valence-electron chi connectivity index (χ2n) is 5.23. The lowest BCUT2D eigenvalue weighted by atomic mass is 10.1. The minimum Gasteiger partial charge on any atom is -0.349 e. The van der Waals surface area contributed by atoms with Crippen molar-refractivity contribution >= 4 is 17.5 Å². The van der Waals surface area contributed by atoms with Gasteiger partial charge in [0, 0.05) is 6.54 Å². The van der Waals surface area contributed by atoms with Gasteiger partial charge in [0.05, 0.1) is 17.4 Å². The summed E-state index contributed by atoms with van der Waals surface area (Å²) in [6, 6.07) is 17.5. The summed E-state index contributed by atoms with van der Waals surface area (Å²) in [5, 5.41) is 23.3. The van der Waals surface area contributed by atoms with Crippen LogP contribution in [0.1, 0.15) is 16.7 Å². The van der Waals surface area contributed by atoms with Gasteiger partial charge in [-0.25, -0.2) is 0 Å². The Morgan fingerprint density at radius 3 is 2.71 bits per heavy atom.